The first-order valence-electron chi connectivity index (χ1n) is 6.96. The summed E-state index contributed by atoms with van der Waals surface area (Å²) in [5.41, 5.74) is 5.58. The Labute approximate surface area is 108 Å². The van der Waals surface area contributed by atoms with Crippen molar-refractivity contribution in [2.24, 2.45) is 17.6 Å². The van der Waals surface area contributed by atoms with Gasteiger partial charge in [-0.25, -0.2) is 0 Å². The molecule has 4 N–H and O–H groups in total. The van der Waals surface area contributed by atoms with E-state index >= 15 is 0 Å². The second kappa shape index (κ2) is 6.18. The Kier molecular flexibility index (Phi) is 4.58. The lowest BCUT2D eigenvalue weighted by Gasteiger charge is -2.28. The van der Waals surface area contributed by atoms with Crippen LogP contribution in [0, 0.1) is 11.8 Å². The molecule has 2 rings (SSSR count). The normalized spacial score (nSPS) is 32.1. The third-order valence-electron chi connectivity index (χ3n) is 4.05. The van der Waals surface area contributed by atoms with E-state index in [1.165, 1.54) is 6.42 Å². The van der Waals surface area contributed by atoms with E-state index in [0.29, 0.717) is 25.4 Å². The van der Waals surface area contributed by atoms with Crippen molar-refractivity contribution in [3.05, 3.63) is 0 Å². The minimum Gasteiger partial charge on any atom is -0.354 e. The number of amides is 2. The average molecular weight is 253 g/mol. The fraction of sp³-hybridized carbons (Fsp3) is 0.846. The van der Waals surface area contributed by atoms with Crippen LogP contribution in [-0.2, 0) is 9.59 Å². The number of nitrogens with one attached hydrogen (secondary N) is 2. The maximum Gasteiger partial charge on any atom is 0.223 e. The molecule has 1 aliphatic carbocycles. The van der Waals surface area contributed by atoms with E-state index in [-0.39, 0.29) is 23.8 Å². The maximum atomic E-state index is 12.1. The second-order valence-corrected chi connectivity index (χ2v) is 5.52. The van der Waals surface area contributed by atoms with Crippen LogP contribution < -0.4 is 16.4 Å². The molecule has 0 radical (unpaired) electrons. The summed E-state index contributed by atoms with van der Waals surface area (Å²) in [6, 6.07) is -0.0140. The average Bonchev–Trinajstić information content (AvgIpc) is 2.75. The molecule has 0 bridgehead atoms. The Morgan fingerprint density at radius 3 is 2.94 bits per heavy atom. The van der Waals surface area contributed by atoms with Gasteiger partial charge in [0.2, 0.25) is 11.8 Å². The molecule has 2 aliphatic rings. The van der Waals surface area contributed by atoms with Gasteiger partial charge < -0.3 is 16.4 Å². The zero-order valence-electron chi connectivity index (χ0n) is 10.8. The number of nitrogens with two attached hydrogens (primary N) is 1. The second-order valence-electron chi connectivity index (χ2n) is 5.52. The largest absolute Gasteiger partial charge is 0.354 e. The van der Waals surface area contributed by atoms with Crippen molar-refractivity contribution < 1.29 is 9.59 Å². The fourth-order valence-corrected chi connectivity index (χ4v) is 3.05. The summed E-state index contributed by atoms with van der Waals surface area (Å²) in [5.74, 6) is 0.872. The van der Waals surface area contributed by atoms with E-state index in [1.54, 1.807) is 0 Å². The molecule has 5 heteroatoms. The standard InChI is InChI=1S/C13H23N3O2/c14-5-4-9-2-1-3-10(6-9)13(18)16-11-7-12(17)15-8-11/h9-11H,1-8,14H2,(H,15,17)(H,16,18). The molecule has 2 fully saturated rings. The molecule has 1 saturated heterocycles. The summed E-state index contributed by atoms with van der Waals surface area (Å²) in [7, 11) is 0. The number of hydrogen-bond donors (Lipinski definition) is 3. The number of hydrogen-bond acceptors (Lipinski definition) is 3. The van der Waals surface area contributed by atoms with Crippen LogP contribution in [0.3, 0.4) is 0 Å². The summed E-state index contributed by atoms with van der Waals surface area (Å²) < 4.78 is 0. The molecule has 0 aromatic rings. The predicted octanol–water partition coefficient (Wildman–Crippen LogP) is 0.146. The molecule has 0 spiro atoms. The summed E-state index contributed by atoms with van der Waals surface area (Å²) in [4.78, 5) is 23.2. The van der Waals surface area contributed by atoms with Gasteiger partial charge in [0.1, 0.15) is 0 Å². The van der Waals surface area contributed by atoms with E-state index < -0.39 is 0 Å². The summed E-state index contributed by atoms with van der Waals surface area (Å²) in [6.07, 6.45) is 5.69. The topological polar surface area (TPSA) is 84.2 Å². The highest BCUT2D eigenvalue weighted by molar-refractivity contribution is 5.83. The fourth-order valence-electron chi connectivity index (χ4n) is 3.05. The Balaban J connectivity index is 1.79. The maximum absolute atomic E-state index is 12.1. The van der Waals surface area contributed by atoms with Gasteiger partial charge in [-0.3, -0.25) is 9.59 Å². The summed E-state index contributed by atoms with van der Waals surface area (Å²) in [5, 5.41) is 5.72. The van der Waals surface area contributed by atoms with Crippen molar-refractivity contribution in [1.29, 1.82) is 0 Å². The van der Waals surface area contributed by atoms with E-state index in [4.69, 9.17) is 5.73 Å². The van der Waals surface area contributed by atoms with Crippen molar-refractivity contribution >= 4 is 11.8 Å². The Morgan fingerprint density at radius 1 is 1.44 bits per heavy atom. The van der Waals surface area contributed by atoms with Gasteiger partial charge in [0, 0.05) is 18.9 Å². The van der Waals surface area contributed by atoms with Crippen molar-refractivity contribution in [2.75, 3.05) is 13.1 Å². The first-order valence-corrected chi connectivity index (χ1v) is 6.96. The molecule has 102 valence electrons. The highest BCUT2D eigenvalue weighted by atomic mass is 16.2. The number of carbonyl (C=O) groups excluding carboxylic acids is 2. The Hall–Kier alpha value is -1.10. The molecule has 5 nitrogen and oxygen atoms in total. The molecule has 1 saturated carbocycles. The SMILES string of the molecule is NCCC1CCCC(C(=O)NC2CNC(=O)C2)C1. The molecule has 18 heavy (non-hydrogen) atoms. The van der Waals surface area contributed by atoms with Crippen LogP contribution in [0.15, 0.2) is 0 Å². The van der Waals surface area contributed by atoms with Crippen LogP contribution in [0.2, 0.25) is 0 Å². The molecular formula is C13H23N3O2. The lowest BCUT2D eigenvalue weighted by molar-refractivity contribution is -0.127. The van der Waals surface area contributed by atoms with Crippen molar-refractivity contribution in [3.63, 3.8) is 0 Å². The zero-order chi connectivity index (χ0) is 13.0. The predicted molar refractivity (Wildman–Crippen MR) is 68.7 cm³/mol. The molecular weight excluding hydrogens is 230 g/mol. The minimum atomic E-state index is -0.0140. The van der Waals surface area contributed by atoms with Crippen LogP contribution in [0.1, 0.15) is 38.5 Å². The Morgan fingerprint density at radius 2 is 2.28 bits per heavy atom. The van der Waals surface area contributed by atoms with E-state index in [1.807, 2.05) is 0 Å². The summed E-state index contributed by atoms with van der Waals surface area (Å²) in [6.45, 7) is 1.28. The molecule has 3 atom stereocenters. The van der Waals surface area contributed by atoms with E-state index in [2.05, 4.69) is 10.6 Å². The van der Waals surface area contributed by atoms with Crippen LogP contribution >= 0.6 is 0 Å². The number of rotatable bonds is 4. The molecule has 2 amide bonds. The number of carbonyl (C=O) groups is 2. The van der Waals surface area contributed by atoms with E-state index in [9.17, 15) is 9.59 Å². The minimum absolute atomic E-state index is 0.0140. The van der Waals surface area contributed by atoms with Crippen LogP contribution in [0.25, 0.3) is 0 Å². The molecule has 0 aromatic carbocycles. The van der Waals surface area contributed by atoms with Crippen molar-refractivity contribution in [2.45, 2.75) is 44.6 Å². The van der Waals surface area contributed by atoms with Gasteiger partial charge in [0.05, 0.1) is 6.04 Å². The third-order valence-corrected chi connectivity index (χ3v) is 4.05. The van der Waals surface area contributed by atoms with Gasteiger partial charge in [-0.2, -0.15) is 0 Å². The molecule has 1 heterocycles. The van der Waals surface area contributed by atoms with Crippen molar-refractivity contribution in [1.82, 2.24) is 10.6 Å². The Bertz CT molecular complexity index is 317. The molecule has 3 unspecified atom stereocenters. The highest BCUT2D eigenvalue weighted by Gasteiger charge is 2.30. The smallest absolute Gasteiger partial charge is 0.223 e. The summed E-state index contributed by atoms with van der Waals surface area (Å²) >= 11 is 0. The monoisotopic (exact) mass is 253 g/mol. The van der Waals surface area contributed by atoms with E-state index in [0.717, 1.165) is 25.7 Å². The quantitative estimate of drug-likeness (QED) is 0.666. The van der Waals surface area contributed by atoms with Gasteiger partial charge in [-0.15, -0.1) is 0 Å². The van der Waals surface area contributed by atoms with Gasteiger partial charge in [0.15, 0.2) is 0 Å². The lowest BCUT2D eigenvalue weighted by Crippen LogP contribution is -2.41. The first kappa shape index (κ1) is 13.3. The molecule has 0 aromatic heterocycles. The molecule has 1 aliphatic heterocycles. The van der Waals surface area contributed by atoms with Gasteiger partial charge in [0.25, 0.3) is 0 Å². The third kappa shape index (κ3) is 3.45. The first-order chi connectivity index (χ1) is 8.69. The van der Waals surface area contributed by atoms with Crippen LogP contribution in [0.5, 0.6) is 0 Å². The van der Waals surface area contributed by atoms with Crippen LogP contribution in [-0.4, -0.2) is 30.9 Å². The van der Waals surface area contributed by atoms with Crippen LogP contribution in [0.4, 0.5) is 0 Å². The van der Waals surface area contributed by atoms with Gasteiger partial charge >= 0.3 is 0 Å². The highest BCUT2D eigenvalue weighted by Crippen LogP contribution is 2.31. The van der Waals surface area contributed by atoms with Crippen molar-refractivity contribution in [3.8, 4) is 0 Å². The van der Waals surface area contributed by atoms with Gasteiger partial charge in [-0.1, -0.05) is 12.8 Å². The lowest BCUT2D eigenvalue weighted by atomic mass is 9.79. The zero-order valence-corrected chi connectivity index (χ0v) is 10.8. The van der Waals surface area contributed by atoms with Gasteiger partial charge in [-0.05, 0) is 31.7 Å².